The molecule has 2 amide bonds. The van der Waals surface area contributed by atoms with E-state index in [9.17, 15) is 9.59 Å². The molecular formula is C23H28N2O2. The third kappa shape index (κ3) is 5.43. The van der Waals surface area contributed by atoms with Crippen LogP contribution in [0.2, 0.25) is 0 Å². The van der Waals surface area contributed by atoms with E-state index in [1.165, 1.54) is 25.7 Å². The molecular weight excluding hydrogens is 336 g/mol. The van der Waals surface area contributed by atoms with Gasteiger partial charge in [-0.05, 0) is 42.7 Å². The molecule has 3 rings (SSSR count). The van der Waals surface area contributed by atoms with Crippen LogP contribution < -0.4 is 5.32 Å². The van der Waals surface area contributed by atoms with Crippen molar-refractivity contribution in [2.75, 3.05) is 7.05 Å². The lowest BCUT2D eigenvalue weighted by Crippen LogP contribution is -2.34. The van der Waals surface area contributed by atoms with E-state index in [0.29, 0.717) is 17.7 Å². The lowest BCUT2D eigenvalue weighted by atomic mass is 10.1. The first-order chi connectivity index (χ1) is 13.1. The molecule has 0 atom stereocenters. The quantitative estimate of drug-likeness (QED) is 0.799. The molecule has 142 valence electrons. The highest BCUT2D eigenvalue weighted by atomic mass is 16.2. The topological polar surface area (TPSA) is 49.4 Å². The van der Waals surface area contributed by atoms with E-state index >= 15 is 0 Å². The number of hydrogen-bond donors (Lipinski definition) is 1. The molecule has 0 heterocycles. The molecule has 0 unspecified atom stereocenters. The van der Waals surface area contributed by atoms with Gasteiger partial charge in [-0.25, -0.2) is 0 Å². The summed E-state index contributed by atoms with van der Waals surface area (Å²) in [6.07, 6.45) is 7.02. The molecule has 1 fully saturated rings. The smallest absolute Gasteiger partial charge is 0.253 e. The largest absolute Gasteiger partial charge is 0.349 e. The lowest BCUT2D eigenvalue weighted by Gasteiger charge is -2.18. The Morgan fingerprint density at radius 2 is 1.48 bits per heavy atom. The summed E-state index contributed by atoms with van der Waals surface area (Å²) in [5.74, 6) is -0.0897. The first-order valence-electron chi connectivity index (χ1n) is 9.84. The van der Waals surface area contributed by atoms with E-state index in [1.807, 2.05) is 30.3 Å². The van der Waals surface area contributed by atoms with Gasteiger partial charge in [0, 0.05) is 30.8 Å². The lowest BCUT2D eigenvalue weighted by molar-refractivity contribution is 0.0784. The Labute approximate surface area is 161 Å². The zero-order chi connectivity index (χ0) is 19.1. The van der Waals surface area contributed by atoms with Gasteiger partial charge in [-0.2, -0.15) is 0 Å². The maximum Gasteiger partial charge on any atom is 0.253 e. The maximum absolute atomic E-state index is 12.6. The van der Waals surface area contributed by atoms with Crippen molar-refractivity contribution in [3.63, 3.8) is 0 Å². The molecule has 0 bridgehead atoms. The summed E-state index contributed by atoms with van der Waals surface area (Å²) < 4.78 is 0. The summed E-state index contributed by atoms with van der Waals surface area (Å²) in [5, 5.41) is 3.14. The third-order valence-electron chi connectivity index (χ3n) is 5.19. The van der Waals surface area contributed by atoms with E-state index in [4.69, 9.17) is 0 Å². The number of nitrogens with one attached hydrogen (secondary N) is 1. The average Bonchev–Trinajstić information content (AvgIpc) is 2.97. The van der Waals surface area contributed by atoms with E-state index in [1.54, 1.807) is 36.2 Å². The highest BCUT2D eigenvalue weighted by Gasteiger charge is 2.17. The molecule has 2 aromatic rings. The zero-order valence-corrected chi connectivity index (χ0v) is 16.0. The van der Waals surface area contributed by atoms with Crippen molar-refractivity contribution in [2.45, 2.75) is 51.1 Å². The van der Waals surface area contributed by atoms with E-state index in [-0.39, 0.29) is 17.9 Å². The van der Waals surface area contributed by atoms with Gasteiger partial charge in [0.1, 0.15) is 0 Å². The Balaban J connectivity index is 1.58. The van der Waals surface area contributed by atoms with Crippen LogP contribution in [0.5, 0.6) is 0 Å². The maximum atomic E-state index is 12.6. The van der Waals surface area contributed by atoms with Crippen molar-refractivity contribution in [3.8, 4) is 0 Å². The van der Waals surface area contributed by atoms with Gasteiger partial charge in [0.15, 0.2) is 0 Å². The fourth-order valence-corrected chi connectivity index (χ4v) is 3.61. The van der Waals surface area contributed by atoms with Gasteiger partial charge in [0.2, 0.25) is 0 Å². The Bertz CT molecular complexity index is 748. The van der Waals surface area contributed by atoms with Gasteiger partial charge < -0.3 is 10.2 Å². The number of amides is 2. The van der Waals surface area contributed by atoms with Gasteiger partial charge >= 0.3 is 0 Å². The number of hydrogen-bond acceptors (Lipinski definition) is 2. The van der Waals surface area contributed by atoms with Crippen LogP contribution in [0, 0.1) is 0 Å². The second kappa shape index (κ2) is 9.36. The SMILES string of the molecule is CN(Cc1ccccc1)C(=O)c1ccc(C(=O)NC2CCCCCC2)cc1. The average molecular weight is 364 g/mol. The molecule has 0 saturated heterocycles. The van der Waals surface area contributed by atoms with Crippen LogP contribution in [-0.2, 0) is 6.54 Å². The number of rotatable bonds is 5. The minimum atomic E-state index is -0.0467. The van der Waals surface area contributed by atoms with Crippen molar-refractivity contribution in [2.24, 2.45) is 0 Å². The fraction of sp³-hybridized carbons (Fsp3) is 0.391. The molecule has 1 N–H and O–H groups in total. The van der Waals surface area contributed by atoms with Gasteiger partial charge in [-0.3, -0.25) is 9.59 Å². The molecule has 4 nitrogen and oxygen atoms in total. The Morgan fingerprint density at radius 1 is 0.889 bits per heavy atom. The molecule has 0 aliphatic heterocycles. The second-order valence-electron chi connectivity index (χ2n) is 7.39. The number of benzene rings is 2. The summed E-state index contributed by atoms with van der Waals surface area (Å²) >= 11 is 0. The van der Waals surface area contributed by atoms with Crippen LogP contribution in [0.25, 0.3) is 0 Å². The Kier molecular flexibility index (Phi) is 6.64. The normalized spacial score (nSPS) is 15.0. The second-order valence-corrected chi connectivity index (χ2v) is 7.39. The third-order valence-corrected chi connectivity index (χ3v) is 5.19. The van der Waals surface area contributed by atoms with Crippen molar-refractivity contribution >= 4 is 11.8 Å². The van der Waals surface area contributed by atoms with Gasteiger partial charge in [-0.15, -0.1) is 0 Å². The predicted molar refractivity (Wildman–Crippen MR) is 108 cm³/mol. The molecule has 27 heavy (non-hydrogen) atoms. The van der Waals surface area contributed by atoms with E-state index in [0.717, 1.165) is 18.4 Å². The highest BCUT2D eigenvalue weighted by molar-refractivity contribution is 5.97. The standard InChI is InChI=1S/C23H28N2O2/c1-25(17-18-9-5-4-6-10-18)23(27)20-15-13-19(14-16-20)22(26)24-21-11-7-2-3-8-12-21/h4-6,9-10,13-16,21H,2-3,7-8,11-12,17H2,1H3,(H,24,26). The fourth-order valence-electron chi connectivity index (χ4n) is 3.61. The summed E-state index contributed by atoms with van der Waals surface area (Å²) in [6.45, 7) is 0.559. The van der Waals surface area contributed by atoms with Gasteiger partial charge in [0.25, 0.3) is 11.8 Å². The molecule has 2 aromatic carbocycles. The monoisotopic (exact) mass is 364 g/mol. The molecule has 0 aromatic heterocycles. The Hall–Kier alpha value is -2.62. The summed E-state index contributed by atoms with van der Waals surface area (Å²) in [7, 11) is 1.79. The predicted octanol–water partition coefficient (Wildman–Crippen LogP) is 4.41. The van der Waals surface area contributed by atoms with E-state index < -0.39 is 0 Å². The van der Waals surface area contributed by atoms with Gasteiger partial charge in [-0.1, -0.05) is 56.0 Å². The Morgan fingerprint density at radius 3 is 2.11 bits per heavy atom. The molecule has 1 aliphatic carbocycles. The molecule has 1 aliphatic rings. The van der Waals surface area contributed by atoms with Crippen molar-refractivity contribution in [1.82, 2.24) is 10.2 Å². The number of carbonyl (C=O) groups excluding carboxylic acids is 2. The van der Waals surface area contributed by atoms with Gasteiger partial charge in [0.05, 0.1) is 0 Å². The number of carbonyl (C=O) groups is 2. The zero-order valence-electron chi connectivity index (χ0n) is 16.0. The summed E-state index contributed by atoms with van der Waals surface area (Å²) in [4.78, 5) is 26.8. The minimum Gasteiger partial charge on any atom is -0.349 e. The van der Waals surface area contributed by atoms with Crippen molar-refractivity contribution < 1.29 is 9.59 Å². The van der Waals surface area contributed by atoms with Crippen LogP contribution in [0.1, 0.15) is 64.8 Å². The van der Waals surface area contributed by atoms with E-state index in [2.05, 4.69) is 5.32 Å². The summed E-state index contributed by atoms with van der Waals surface area (Å²) in [5.41, 5.74) is 2.30. The van der Waals surface area contributed by atoms with Crippen LogP contribution in [-0.4, -0.2) is 29.8 Å². The van der Waals surface area contributed by atoms with Crippen LogP contribution in [0.3, 0.4) is 0 Å². The number of nitrogens with zero attached hydrogens (tertiary/aromatic N) is 1. The first-order valence-corrected chi connectivity index (χ1v) is 9.84. The molecule has 0 radical (unpaired) electrons. The summed E-state index contributed by atoms with van der Waals surface area (Å²) in [6, 6.07) is 17.2. The first kappa shape index (κ1) is 19.2. The van der Waals surface area contributed by atoms with Crippen molar-refractivity contribution in [1.29, 1.82) is 0 Å². The van der Waals surface area contributed by atoms with Crippen LogP contribution in [0.15, 0.2) is 54.6 Å². The minimum absolute atomic E-state index is 0.0430. The highest BCUT2D eigenvalue weighted by Crippen LogP contribution is 2.18. The van der Waals surface area contributed by atoms with Crippen LogP contribution >= 0.6 is 0 Å². The molecule has 1 saturated carbocycles. The van der Waals surface area contributed by atoms with Crippen LogP contribution in [0.4, 0.5) is 0 Å². The van der Waals surface area contributed by atoms with Crippen molar-refractivity contribution in [3.05, 3.63) is 71.3 Å². The molecule has 4 heteroatoms. The molecule has 0 spiro atoms.